The van der Waals surface area contributed by atoms with Crippen molar-refractivity contribution in [3.63, 3.8) is 0 Å². The van der Waals surface area contributed by atoms with Gasteiger partial charge in [0.25, 0.3) is 0 Å². The van der Waals surface area contributed by atoms with Crippen molar-refractivity contribution < 1.29 is 9.59 Å². The molecule has 0 aromatic carbocycles. The molecule has 0 bridgehead atoms. The number of piperazine rings is 1. The lowest BCUT2D eigenvalue weighted by atomic mass is 10.1. The molecule has 0 N–H and O–H groups in total. The standard InChI is InChI=1S/C11H14N2O2/c1-2-3-6-12-8-10(14)13-7-4-5-9(13)11(12)15/h1,9H,3-8H2. The van der Waals surface area contributed by atoms with Crippen molar-refractivity contribution in [2.24, 2.45) is 0 Å². The Balaban J connectivity index is 2.07. The van der Waals surface area contributed by atoms with Crippen LogP contribution in [0.5, 0.6) is 0 Å². The largest absolute Gasteiger partial charge is 0.331 e. The minimum absolute atomic E-state index is 0.0640. The van der Waals surface area contributed by atoms with Crippen molar-refractivity contribution in [3.05, 3.63) is 0 Å². The van der Waals surface area contributed by atoms with Gasteiger partial charge in [-0.2, -0.15) is 0 Å². The van der Waals surface area contributed by atoms with E-state index < -0.39 is 0 Å². The first-order valence-electron chi connectivity index (χ1n) is 5.26. The third kappa shape index (κ3) is 1.70. The number of carbonyl (C=O) groups excluding carboxylic acids is 2. The SMILES string of the molecule is C#CCCN1CC(=O)N2CCCC2C1=O. The predicted octanol–water partition coefficient (Wildman–Crippen LogP) is -0.157. The van der Waals surface area contributed by atoms with Crippen LogP contribution >= 0.6 is 0 Å². The van der Waals surface area contributed by atoms with Crippen molar-refractivity contribution in [3.8, 4) is 12.3 Å². The average molecular weight is 206 g/mol. The van der Waals surface area contributed by atoms with Crippen LogP contribution in [0.2, 0.25) is 0 Å². The molecule has 0 aromatic heterocycles. The molecule has 4 heteroatoms. The molecular weight excluding hydrogens is 192 g/mol. The number of hydrogen-bond acceptors (Lipinski definition) is 2. The van der Waals surface area contributed by atoms with Gasteiger partial charge in [-0.25, -0.2) is 0 Å². The summed E-state index contributed by atoms with van der Waals surface area (Å²) < 4.78 is 0. The first-order chi connectivity index (χ1) is 7.24. The second-order valence-electron chi connectivity index (χ2n) is 3.96. The van der Waals surface area contributed by atoms with Crippen molar-refractivity contribution in [1.29, 1.82) is 0 Å². The van der Waals surface area contributed by atoms with Gasteiger partial charge in [0.05, 0.1) is 6.54 Å². The summed E-state index contributed by atoms with van der Waals surface area (Å²) in [6, 6.07) is -0.205. The molecule has 15 heavy (non-hydrogen) atoms. The predicted molar refractivity (Wildman–Crippen MR) is 54.8 cm³/mol. The van der Waals surface area contributed by atoms with Crippen LogP contribution in [0.25, 0.3) is 0 Å². The van der Waals surface area contributed by atoms with Crippen LogP contribution in [-0.2, 0) is 9.59 Å². The molecule has 80 valence electrons. The Bertz CT molecular complexity index is 332. The average Bonchev–Trinajstić information content (AvgIpc) is 2.70. The second-order valence-corrected chi connectivity index (χ2v) is 3.96. The van der Waals surface area contributed by atoms with Crippen molar-refractivity contribution in [2.75, 3.05) is 19.6 Å². The van der Waals surface area contributed by atoms with E-state index in [-0.39, 0.29) is 24.4 Å². The summed E-state index contributed by atoms with van der Waals surface area (Å²) >= 11 is 0. The second kappa shape index (κ2) is 3.93. The zero-order valence-electron chi connectivity index (χ0n) is 8.61. The van der Waals surface area contributed by atoms with Crippen LogP contribution in [0, 0.1) is 12.3 Å². The third-order valence-corrected chi connectivity index (χ3v) is 3.02. The van der Waals surface area contributed by atoms with Gasteiger partial charge in [0.2, 0.25) is 11.8 Å². The number of nitrogens with zero attached hydrogens (tertiary/aromatic N) is 2. The first-order valence-corrected chi connectivity index (χ1v) is 5.26. The molecule has 2 fully saturated rings. The van der Waals surface area contributed by atoms with Crippen molar-refractivity contribution >= 4 is 11.8 Å². The summed E-state index contributed by atoms with van der Waals surface area (Å²) in [5.41, 5.74) is 0. The highest BCUT2D eigenvalue weighted by molar-refractivity contribution is 5.95. The zero-order chi connectivity index (χ0) is 10.8. The minimum Gasteiger partial charge on any atom is -0.331 e. The van der Waals surface area contributed by atoms with Crippen LogP contribution in [0.1, 0.15) is 19.3 Å². The van der Waals surface area contributed by atoms with Gasteiger partial charge in [-0.1, -0.05) is 0 Å². The van der Waals surface area contributed by atoms with Crippen molar-refractivity contribution in [2.45, 2.75) is 25.3 Å². The smallest absolute Gasteiger partial charge is 0.245 e. The number of rotatable bonds is 2. The molecule has 2 aliphatic heterocycles. The van der Waals surface area contributed by atoms with Crippen molar-refractivity contribution in [1.82, 2.24) is 9.80 Å². The first kappa shape index (κ1) is 10.0. The highest BCUT2D eigenvalue weighted by Gasteiger charge is 2.41. The van der Waals surface area contributed by atoms with E-state index in [4.69, 9.17) is 6.42 Å². The van der Waals surface area contributed by atoms with Gasteiger partial charge in [-0.05, 0) is 12.8 Å². The van der Waals surface area contributed by atoms with Crippen LogP contribution in [0.3, 0.4) is 0 Å². The molecular formula is C11H14N2O2. The lowest BCUT2D eigenvalue weighted by Gasteiger charge is -2.36. The fourth-order valence-electron chi connectivity index (χ4n) is 2.25. The Hall–Kier alpha value is -1.50. The van der Waals surface area contributed by atoms with Gasteiger partial charge in [0.1, 0.15) is 6.04 Å². The van der Waals surface area contributed by atoms with Gasteiger partial charge in [0.15, 0.2) is 0 Å². The quantitative estimate of drug-likeness (QED) is 0.589. The topological polar surface area (TPSA) is 40.6 Å². The van der Waals surface area contributed by atoms with E-state index in [9.17, 15) is 9.59 Å². The Morgan fingerprint density at radius 3 is 3.00 bits per heavy atom. The van der Waals surface area contributed by atoms with Gasteiger partial charge in [0, 0.05) is 19.5 Å². The molecule has 1 atom stereocenters. The highest BCUT2D eigenvalue weighted by Crippen LogP contribution is 2.23. The highest BCUT2D eigenvalue weighted by atomic mass is 16.2. The lowest BCUT2D eigenvalue weighted by molar-refractivity contribution is -0.153. The molecule has 0 aromatic rings. The van der Waals surface area contributed by atoms with E-state index in [0.29, 0.717) is 13.0 Å². The molecule has 0 radical (unpaired) electrons. The van der Waals surface area contributed by atoms with Crippen LogP contribution in [-0.4, -0.2) is 47.3 Å². The van der Waals surface area contributed by atoms with Gasteiger partial charge < -0.3 is 9.80 Å². The summed E-state index contributed by atoms with van der Waals surface area (Å²) in [6.07, 6.45) is 7.41. The number of fused-ring (bicyclic) bond motifs is 1. The van der Waals surface area contributed by atoms with Crippen LogP contribution < -0.4 is 0 Å². The van der Waals surface area contributed by atoms with E-state index in [0.717, 1.165) is 19.4 Å². The van der Waals surface area contributed by atoms with Crippen LogP contribution in [0.15, 0.2) is 0 Å². The normalized spacial score (nSPS) is 25.4. The molecule has 0 saturated carbocycles. The van der Waals surface area contributed by atoms with Gasteiger partial charge >= 0.3 is 0 Å². The lowest BCUT2D eigenvalue weighted by Crippen LogP contribution is -2.57. The molecule has 1 unspecified atom stereocenters. The Kier molecular flexibility index (Phi) is 2.63. The van der Waals surface area contributed by atoms with Gasteiger partial charge in [-0.15, -0.1) is 12.3 Å². The summed E-state index contributed by atoms with van der Waals surface area (Å²) in [7, 11) is 0. The molecule has 2 aliphatic rings. The molecule has 2 heterocycles. The molecule has 2 saturated heterocycles. The zero-order valence-corrected chi connectivity index (χ0v) is 8.61. The summed E-state index contributed by atoms with van der Waals surface area (Å²) in [4.78, 5) is 26.9. The Labute approximate surface area is 89.2 Å². The van der Waals surface area contributed by atoms with E-state index in [1.165, 1.54) is 0 Å². The fraction of sp³-hybridized carbons (Fsp3) is 0.636. The third-order valence-electron chi connectivity index (χ3n) is 3.02. The maximum atomic E-state index is 11.9. The maximum Gasteiger partial charge on any atom is 0.245 e. The molecule has 0 aliphatic carbocycles. The maximum absolute atomic E-state index is 11.9. The molecule has 4 nitrogen and oxygen atoms in total. The van der Waals surface area contributed by atoms with E-state index in [2.05, 4.69) is 5.92 Å². The fourth-order valence-corrected chi connectivity index (χ4v) is 2.25. The monoisotopic (exact) mass is 206 g/mol. The van der Waals surface area contributed by atoms with E-state index >= 15 is 0 Å². The summed E-state index contributed by atoms with van der Waals surface area (Å²) in [6.45, 7) is 1.45. The Morgan fingerprint density at radius 1 is 1.47 bits per heavy atom. The van der Waals surface area contributed by atoms with Gasteiger partial charge in [-0.3, -0.25) is 9.59 Å². The number of hydrogen-bond donors (Lipinski definition) is 0. The summed E-state index contributed by atoms with van der Waals surface area (Å²) in [5.74, 6) is 2.63. The molecule has 2 rings (SSSR count). The number of carbonyl (C=O) groups is 2. The number of terminal acetylenes is 1. The minimum atomic E-state index is -0.205. The summed E-state index contributed by atoms with van der Waals surface area (Å²) in [5, 5.41) is 0. The Morgan fingerprint density at radius 2 is 2.27 bits per heavy atom. The van der Waals surface area contributed by atoms with E-state index in [1.807, 2.05) is 0 Å². The molecule has 0 spiro atoms. The molecule has 2 amide bonds. The van der Waals surface area contributed by atoms with E-state index in [1.54, 1.807) is 9.80 Å². The number of amides is 2. The van der Waals surface area contributed by atoms with Crippen LogP contribution in [0.4, 0.5) is 0 Å².